The minimum Gasteiger partial charge on any atom is -0.368 e. The highest BCUT2D eigenvalue weighted by atomic mass is 35.5. The van der Waals surface area contributed by atoms with Gasteiger partial charge in [0.1, 0.15) is 17.7 Å². The number of piperazine rings is 1. The van der Waals surface area contributed by atoms with Crippen molar-refractivity contribution in [3.63, 3.8) is 0 Å². The summed E-state index contributed by atoms with van der Waals surface area (Å²) < 4.78 is 15.2. The van der Waals surface area contributed by atoms with Crippen LogP contribution in [-0.4, -0.2) is 53.8 Å². The standard InChI is InChI=1S/C25H24Cl2FN5O/c1-16-23(25(34)32-13-11-31(12-14-32)19-6-4-18(28)5-7-19)24(17-3-8-20(26)21(27)15-17)33-22(30(16)2)9-10-29-33/h3-10,15,24H,11-14H2,1-2H3. The van der Waals surface area contributed by atoms with Gasteiger partial charge in [0.2, 0.25) is 0 Å². The van der Waals surface area contributed by atoms with E-state index in [4.69, 9.17) is 23.2 Å². The molecule has 176 valence electrons. The smallest absolute Gasteiger partial charge is 0.254 e. The highest BCUT2D eigenvalue weighted by Crippen LogP contribution is 2.40. The van der Waals surface area contributed by atoms with Crippen LogP contribution >= 0.6 is 23.2 Å². The molecule has 1 atom stereocenters. The fraction of sp³-hybridized carbons (Fsp3) is 0.280. The predicted octanol–water partition coefficient (Wildman–Crippen LogP) is 4.99. The minimum absolute atomic E-state index is 0.0275. The number of allylic oxidation sites excluding steroid dienone is 1. The Labute approximate surface area is 207 Å². The van der Waals surface area contributed by atoms with E-state index in [1.165, 1.54) is 12.1 Å². The molecule has 0 spiro atoms. The second-order valence-electron chi connectivity index (χ2n) is 8.52. The molecule has 1 unspecified atom stereocenters. The van der Waals surface area contributed by atoms with Gasteiger partial charge in [0.25, 0.3) is 5.91 Å². The maximum absolute atomic E-state index is 13.9. The number of hydrogen-bond donors (Lipinski definition) is 0. The fourth-order valence-electron chi connectivity index (χ4n) is 4.70. The molecule has 2 aliphatic rings. The number of aromatic nitrogens is 2. The fourth-order valence-corrected chi connectivity index (χ4v) is 5.00. The van der Waals surface area contributed by atoms with Gasteiger partial charge in [0.05, 0.1) is 21.8 Å². The average Bonchev–Trinajstić information content (AvgIpc) is 3.33. The molecule has 3 heterocycles. The van der Waals surface area contributed by atoms with Crippen LogP contribution in [-0.2, 0) is 4.79 Å². The van der Waals surface area contributed by atoms with Crippen molar-refractivity contribution < 1.29 is 9.18 Å². The van der Waals surface area contributed by atoms with E-state index >= 15 is 0 Å². The maximum Gasteiger partial charge on any atom is 0.254 e. The molecule has 0 bridgehead atoms. The third kappa shape index (κ3) is 3.93. The van der Waals surface area contributed by atoms with Gasteiger partial charge in [0.15, 0.2) is 0 Å². The number of rotatable bonds is 3. The first-order valence-corrected chi connectivity index (χ1v) is 11.8. The lowest BCUT2D eigenvalue weighted by Crippen LogP contribution is -2.50. The summed E-state index contributed by atoms with van der Waals surface area (Å²) in [4.78, 5) is 20.0. The van der Waals surface area contributed by atoms with Crippen LogP contribution in [0.2, 0.25) is 10.0 Å². The number of anilines is 2. The molecule has 9 heteroatoms. The average molecular weight is 500 g/mol. The second kappa shape index (κ2) is 8.96. The molecule has 5 rings (SSSR count). The van der Waals surface area contributed by atoms with Crippen molar-refractivity contribution in [1.29, 1.82) is 0 Å². The minimum atomic E-state index is -0.418. The number of amides is 1. The molecule has 1 fully saturated rings. The van der Waals surface area contributed by atoms with Gasteiger partial charge in [-0.2, -0.15) is 5.10 Å². The maximum atomic E-state index is 13.9. The molecular formula is C25H24Cl2FN5O. The van der Waals surface area contributed by atoms with Gasteiger partial charge in [-0.15, -0.1) is 0 Å². The molecule has 34 heavy (non-hydrogen) atoms. The molecule has 2 aliphatic heterocycles. The van der Waals surface area contributed by atoms with Crippen molar-refractivity contribution in [2.24, 2.45) is 0 Å². The zero-order valence-electron chi connectivity index (χ0n) is 18.9. The van der Waals surface area contributed by atoms with Crippen molar-refractivity contribution in [2.45, 2.75) is 13.0 Å². The van der Waals surface area contributed by atoms with Crippen LogP contribution < -0.4 is 9.80 Å². The molecule has 0 saturated carbocycles. The van der Waals surface area contributed by atoms with E-state index in [0.717, 1.165) is 22.8 Å². The monoisotopic (exact) mass is 499 g/mol. The van der Waals surface area contributed by atoms with Crippen LogP contribution in [0.1, 0.15) is 18.5 Å². The Bertz CT molecular complexity index is 1260. The summed E-state index contributed by atoms with van der Waals surface area (Å²) in [6, 6.07) is 13.4. The third-order valence-corrected chi connectivity index (χ3v) is 7.39. The zero-order valence-corrected chi connectivity index (χ0v) is 20.4. The summed E-state index contributed by atoms with van der Waals surface area (Å²) in [5.41, 5.74) is 3.33. The van der Waals surface area contributed by atoms with Gasteiger partial charge in [-0.05, 0) is 48.9 Å². The van der Waals surface area contributed by atoms with E-state index < -0.39 is 6.04 Å². The first-order chi connectivity index (χ1) is 16.3. The lowest BCUT2D eigenvalue weighted by Gasteiger charge is -2.40. The van der Waals surface area contributed by atoms with Crippen molar-refractivity contribution in [2.75, 3.05) is 43.0 Å². The number of carbonyl (C=O) groups excluding carboxylic acids is 1. The Hall–Kier alpha value is -3.03. The van der Waals surface area contributed by atoms with Gasteiger partial charge >= 0.3 is 0 Å². The van der Waals surface area contributed by atoms with Crippen LogP contribution in [0.3, 0.4) is 0 Å². The van der Waals surface area contributed by atoms with Crippen LogP contribution in [0, 0.1) is 5.82 Å². The molecule has 1 aromatic heterocycles. The summed E-state index contributed by atoms with van der Waals surface area (Å²) in [5.74, 6) is 0.610. The highest BCUT2D eigenvalue weighted by Gasteiger charge is 2.37. The van der Waals surface area contributed by atoms with Crippen LogP contribution in [0.5, 0.6) is 0 Å². The normalized spacial score (nSPS) is 18.4. The van der Waals surface area contributed by atoms with Gasteiger partial charge in [-0.3, -0.25) is 4.79 Å². The molecular weight excluding hydrogens is 476 g/mol. The van der Waals surface area contributed by atoms with Crippen molar-refractivity contribution in [1.82, 2.24) is 14.7 Å². The molecule has 6 nitrogen and oxygen atoms in total. The van der Waals surface area contributed by atoms with E-state index in [-0.39, 0.29) is 11.7 Å². The number of fused-ring (bicyclic) bond motifs is 1. The molecule has 1 saturated heterocycles. The zero-order chi connectivity index (χ0) is 24.0. The van der Waals surface area contributed by atoms with Crippen molar-refractivity contribution in [3.05, 3.63) is 87.4 Å². The molecule has 0 radical (unpaired) electrons. The van der Waals surface area contributed by atoms with Gasteiger partial charge in [-0.1, -0.05) is 29.3 Å². The van der Waals surface area contributed by atoms with Crippen molar-refractivity contribution >= 4 is 40.6 Å². The Morgan fingerprint density at radius 2 is 1.71 bits per heavy atom. The van der Waals surface area contributed by atoms with E-state index in [0.29, 0.717) is 41.8 Å². The summed E-state index contributed by atoms with van der Waals surface area (Å²) in [6.07, 6.45) is 1.73. The molecule has 0 N–H and O–H groups in total. The van der Waals surface area contributed by atoms with E-state index in [2.05, 4.69) is 10.00 Å². The highest BCUT2D eigenvalue weighted by molar-refractivity contribution is 6.42. The lowest BCUT2D eigenvalue weighted by atomic mass is 9.93. The Kier molecular flexibility index (Phi) is 6.00. The van der Waals surface area contributed by atoms with Gasteiger partial charge < -0.3 is 14.7 Å². The van der Waals surface area contributed by atoms with Crippen LogP contribution in [0.4, 0.5) is 15.9 Å². The predicted molar refractivity (Wildman–Crippen MR) is 133 cm³/mol. The third-order valence-electron chi connectivity index (χ3n) is 6.65. The van der Waals surface area contributed by atoms with E-state index in [9.17, 15) is 9.18 Å². The Morgan fingerprint density at radius 3 is 2.38 bits per heavy atom. The summed E-state index contributed by atoms with van der Waals surface area (Å²) in [6.45, 7) is 4.44. The summed E-state index contributed by atoms with van der Waals surface area (Å²) >= 11 is 12.5. The SMILES string of the molecule is CC1=C(C(=O)N2CCN(c3ccc(F)cc3)CC2)C(c2ccc(Cl)c(Cl)c2)n2nccc2N1C. The molecule has 1 amide bonds. The molecule has 3 aromatic rings. The number of carbonyl (C=O) groups is 1. The van der Waals surface area contributed by atoms with Crippen molar-refractivity contribution in [3.8, 4) is 0 Å². The first kappa shape index (κ1) is 22.7. The van der Waals surface area contributed by atoms with Gasteiger partial charge in [0, 0.05) is 50.7 Å². The summed E-state index contributed by atoms with van der Waals surface area (Å²) in [7, 11) is 1.94. The molecule has 0 aliphatic carbocycles. The quantitative estimate of drug-likeness (QED) is 0.509. The van der Waals surface area contributed by atoms with Gasteiger partial charge in [-0.25, -0.2) is 9.07 Å². The van der Waals surface area contributed by atoms with Crippen LogP contribution in [0.25, 0.3) is 0 Å². The topological polar surface area (TPSA) is 44.6 Å². The Balaban J connectivity index is 1.45. The van der Waals surface area contributed by atoms with E-state index in [1.54, 1.807) is 30.5 Å². The number of halogens is 3. The number of hydrogen-bond acceptors (Lipinski definition) is 4. The molecule has 2 aromatic carbocycles. The Morgan fingerprint density at radius 1 is 1.00 bits per heavy atom. The second-order valence-corrected chi connectivity index (χ2v) is 9.34. The number of benzene rings is 2. The lowest BCUT2D eigenvalue weighted by molar-refractivity contribution is -0.128. The number of nitrogens with zero attached hydrogens (tertiary/aromatic N) is 5. The first-order valence-electron chi connectivity index (χ1n) is 11.1. The van der Waals surface area contributed by atoms with Crippen LogP contribution in [0.15, 0.2) is 66.0 Å². The largest absolute Gasteiger partial charge is 0.368 e. The van der Waals surface area contributed by atoms with E-state index in [1.807, 2.05) is 40.6 Å². The summed E-state index contributed by atoms with van der Waals surface area (Å²) in [5, 5.41) is 5.44.